The maximum atomic E-state index is 13.5. The van der Waals surface area contributed by atoms with Crippen molar-refractivity contribution in [3.05, 3.63) is 47.7 Å². The van der Waals surface area contributed by atoms with Crippen LogP contribution < -0.4 is 5.32 Å². The minimum atomic E-state index is -0.984. The molecule has 0 radical (unpaired) electrons. The lowest BCUT2D eigenvalue weighted by molar-refractivity contribution is 0.102. The number of benzene rings is 1. The smallest absolute Gasteiger partial charge is 0.322 e. The molecule has 7 nitrogen and oxygen atoms in total. The second-order valence-electron chi connectivity index (χ2n) is 4.37. The highest BCUT2D eigenvalue weighted by atomic mass is 19.1. The van der Waals surface area contributed by atoms with Crippen LogP contribution in [-0.4, -0.2) is 25.9 Å². The van der Waals surface area contributed by atoms with E-state index in [0.717, 1.165) is 12.1 Å². The Kier molecular flexibility index (Phi) is 3.37. The summed E-state index contributed by atoms with van der Waals surface area (Å²) in [6, 6.07) is 4.05. The molecule has 112 valence electrons. The van der Waals surface area contributed by atoms with Gasteiger partial charge in [-0.25, -0.2) is 8.78 Å². The summed E-state index contributed by atoms with van der Waals surface area (Å²) in [5, 5.41) is 13.6. The fourth-order valence-electron chi connectivity index (χ4n) is 1.74. The fraction of sp³-hybridized carbons (Fsp3) is 0.0769. The average molecular weight is 305 g/mol. The van der Waals surface area contributed by atoms with Crippen molar-refractivity contribution in [1.82, 2.24) is 20.0 Å². The van der Waals surface area contributed by atoms with Crippen LogP contribution in [0, 0.1) is 11.6 Å². The van der Waals surface area contributed by atoms with Gasteiger partial charge in [0.05, 0.1) is 5.56 Å². The Labute approximate surface area is 122 Å². The summed E-state index contributed by atoms with van der Waals surface area (Å²) < 4.78 is 33.1. The molecule has 1 aromatic carbocycles. The normalized spacial score (nSPS) is 10.7. The van der Waals surface area contributed by atoms with E-state index in [1.807, 2.05) is 0 Å². The molecule has 22 heavy (non-hydrogen) atoms. The van der Waals surface area contributed by atoms with E-state index in [9.17, 15) is 13.6 Å². The van der Waals surface area contributed by atoms with Crippen molar-refractivity contribution in [2.75, 3.05) is 5.32 Å². The first-order valence-corrected chi connectivity index (χ1v) is 6.13. The topological polar surface area (TPSA) is 85.8 Å². The van der Waals surface area contributed by atoms with Crippen LogP contribution in [0.5, 0.6) is 0 Å². The van der Waals surface area contributed by atoms with Gasteiger partial charge in [0.25, 0.3) is 11.8 Å². The number of rotatable bonds is 3. The zero-order valence-electron chi connectivity index (χ0n) is 11.2. The van der Waals surface area contributed by atoms with Crippen LogP contribution in [0.15, 0.2) is 34.9 Å². The number of carbonyl (C=O) groups excluding carboxylic acids is 1. The van der Waals surface area contributed by atoms with Crippen LogP contribution in [0.1, 0.15) is 10.4 Å². The summed E-state index contributed by atoms with van der Waals surface area (Å²) in [5.74, 6) is -2.48. The second-order valence-corrected chi connectivity index (χ2v) is 4.37. The molecule has 1 amide bonds. The second kappa shape index (κ2) is 5.35. The Morgan fingerprint density at radius 1 is 1.27 bits per heavy atom. The number of nitrogens with one attached hydrogen (secondary N) is 1. The molecule has 3 aromatic rings. The van der Waals surface area contributed by atoms with Crippen LogP contribution in [-0.2, 0) is 7.05 Å². The Bertz CT molecular complexity index is 843. The molecular weight excluding hydrogens is 296 g/mol. The highest BCUT2D eigenvalue weighted by molar-refractivity contribution is 6.03. The third kappa shape index (κ3) is 2.68. The van der Waals surface area contributed by atoms with Crippen LogP contribution in [0.25, 0.3) is 11.6 Å². The zero-order valence-corrected chi connectivity index (χ0v) is 11.2. The molecule has 0 unspecified atom stereocenters. The largest absolute Gasteiger partial charge is 0.401 e. The van der Waals surface area contributed by atoms with Crippen molar-refractivity contribution < 1.29 is 18.0 Å². The third-order valence-corrected chi connectivity index (χ3v) is 2.75. The molecule has 0 saturated carbocycles. The van der Waals surface area contributed by atoms with E-state index in [2.05, 4.69) is 20.6 Å². The zero-order chi connectivity index (χ0) is 15.7. The molecule has 0 atom stereocenters. The highest BCUT2D eigenvalue weighted by Crippen LogP contribution is 2.18. The minimum Gasteiger partial charge on any atom is -0.401 e. The molecule has 0 bridgehead atoms. The van der Waals surface area contributed by atoms with Gasteiger partial charge in [-0.15, -0.1) is 5.10 Å². The first kappa shape index (κ1) is 13.9. The highest BCUT2D eigenvalue weighted by Gasteiger charge is 2.17. The molecule has 3 rings (SSSR count). The summed E-state index contributed by atoms with van der Waals surface area (Å²) in [5.41, 5.74) is 0.0995. The molecule has 0 aliphatic heterocycles. The minimum absolute atomic E-state index is 0.107. The number of aryl methyl sites for hydroxylation is 1. The van der Waals surface area contributed by atoms with Crippen molar-refractivity contribution in [2.45, 2.75) is 0 Å². The Morgan fingerprint density at radius 2 is 2.09 bits per heavy atom. The lowest BCUT2D eigenvalue weighted by Crippen LogP contribution is -2.14. The average Bonchev–Trinajstić information content (AvgIpc) is 3.07. The molecule has 0 aliphatic carbocycles. The monoisotopic (exact) mass is 305 g/mol. The number of amides is 1. The molecule has 2 aromatic heterocycles. The third-order valence-electron chi connectivity index (χ3n) is 2.75. The summed E-state index contributed by atoms with van der Waals surface area (Å²) in [6.07, 6.45) is 1.69. The van der Waals surface area contributed by atoms with Crippen molar-refractivity contribution >= 4 is 11.9 Å². The molecule has 0 saturated heterocycles. The standard InChI is InChI=1S/C13H9F2N5O2/c1-20-5-4-10(19-20)12-17-18-13(22-12)16-11(21)8-3-2-7(14)6-9(8)15/h2-6H,1H3,(H,16,18,21). The van der Waals surface area contributed by atoms with E-state index >= 15 is 0 Å². The Balaban J connectivity index is 1.79. The number of hydrogen-bond donors (Lipinski definition) is 1. The van der Waals surface area contributed by atoms with E-state index in [4.69, 9.17) is 4.42 Å². The van der Waals surface area contributed by atoms with E-state index in [-0.39, 0.29) is 17.5 Å². The summed E-state index contributed by atoms with van der Waals surface area (Å²) in [4.78, 5) is 11.9. The van der Waals surface area contributed by atoms with E-state index < -0.39 is 17.5 Å². The Morgan fingerprint density at radius 3 is 2.77 bits per heavy atom. The maximum absolute atomic E-state index is 13.5. The maximum Gasteiger partial charge on any atom is 0.322 e. The number of anilines is 1. The van der Waals surface area contributed by atoms with Gasteiger partial charge in [-0.2, -0.15) is 5.10 Å². The van der Waals surface area contributed by atoms with Gasteiger partial charge < -0.3 is 4.42 Å². The van der Waals surface area contributed by atoms with Crippen LogP contribution >= 0.6 is 0 Å². The van der Waals surface area contributed by atoms with Gasteiger partial charge in [-0.1, -0.05) is 5.10 Å². The van der Waals surface area contributed by atoms with Gasteiger partial charge in [0.15, 0.2) is 0 Å². The molecule has 0 aliphatic rings. The van der Waals surface area contributed by atoms with Crippen LogP contribution in [0.4, 0.5) is 14.8 Å². The number of hydrogen-bond acceptors (Lipinski definition) is 5. The molecule has 9 heteroatoms. The van der Waals surface area contributed by atoms with Crippen LogP contribution in [0.3, 0.4) is 0 Å². The van der Waals surface area contributed by atoms with Crippen LogP contribution in [0.2, 0.25) is 0 Å². The van der Waals surface area contributed by atoms with Gasteiger partial charge in [0.2, 0.25) is 0 Å². The number of halogens is 2. The molecule has 2 heterocycles. The van der Waals surface area contributed by atoms with E-state index in [0.29, 0.717) is 11.8 Å². The van der Waals surface area contributed by atoms with Gasteiger partial charge in [0, 0.05) is 19.3 Å². The van der Waals surface area contributed by atoms with E-state index in [1.54, 1.807) is 24.0 Å². The van der Waals surface area contributed by atoms with Gasteiger partial charge in [-0.3, -0.25) is 14.8 Å². The van der Waals surface area contributed by atoms with Crippen molar-refractivity contribution in [3.63, 3.8) is 0 Å². The summed E-state index contributed by atoms with van der Waals surface area (Å²) in [6.45, 7) is 0. The van der Waals surface area contributed by atoms with Gasteiger partial charge >= 0.3 is 6.01 Å². The van der Waals surface area contributed by atoms with Crippen molar-refractivity contribution in [3.8, 4) is 11.6 Å². The number of nitrogens with zero attached hydrogens (tertiary/aromatic N) is 4. The first-order chi connectivity index (χ1) is 10.5. The van der Waals surface area contributed by atoms with E-state index in [1.165, 1.54) is 0 Å². The fourth-order valence-corrected chi connectivity index (χ4v) is 1.74. The number of carbonyl (C=O) groups is 1. The lowest BCUT2D eigenvalue weighted by Gasteiger charge is -2.01. The molecule has 0 fully saturated rings. The van der Waals surface area contributed by atoms with Crippen molar-refractivity contribution in [2.24, 2.45) is 7.05 Å². The van der Waals surface area contributed by atoms with Crippen molar-refractivity contribution in [1.29, 1.82) is 0 Å². The quantitative estimate of drug-likeness (QED) is 0.800. The summed E-state index contributed by atoms with van der Waals surface area (Å²) >= 11 is 0. The molecule has 1 N–H and O–H groups in total. The Hall–Kier alpha value is -3.10. The predicted octanol–water partition coefficient (Wildman–Crippen LogP) is 2.00. The molecule has 0 spiro atoms. The van der Waals surface area contributed by atoms with Gasteiger partial charge in [-0.05, 0) is 18.2 Å². The first-order valence-electron chi connectivity index (χ1n) is 6.13. The SMILES string of the molecule is Cn1ccc(-c2nnc(NC(=O)c3ccc(F)cc3F)o2)n1. The number of aromatic nitrogens is 4. The summed E-state index contributed by atoms with van der Waals surface area (Å²) in [7, 11) is 1.72. The lowest BCUT2D eigenvalue weighted by atomic mass is 10.2. The predicted molar refractivity (Wildman–Crippen MR) is 70.8 cm³/mol. The van der Waals surface area contributed by atoms with Gasteiger partial charge in [0.1, 0.15) is 17.3 Å². The molecular formula is C13H9F2N5O2.